The minimum absolute atomic E-state index is 0.203. The van der Waals surface area contributed by atoms with Gasteiger partial charge in [-0.1, -0.05) is 12.1 Å². The van der Waals surface area contributed by atoms with Gasteiger partial charge in [0.25, 0.3) is 5.91 Å². The van der Waals surface area contributed by atoms with Gasteiger partial charge in [-0.05, 0) is 24.6 Å². The Morgan fingerprint density at radius 3 is 2.58 bits per heavy atom. The molecule has 1 aliphatic heterocycles. The first-order chi connectivity index (χ1) is 14.9. The molecule has 2 aromatic heterocycles. The highest BCUT2D eigenvalue weighted by atomic mass is 19.1. The van der Waals surface area contributed by atoms with Crippen LogP contribution in [0.1, 0.15) is 28.0 Å². The van der Waals surface area contributed by atoms with E-state index in [4.69, 9.17) is 9.72 Å². The van der Waals surface area contributed by atoms with E-state index in [1.54, 1.807) is 34.3 Å². The molecule has 1 saturated heterocycles. The van der Waals surface area contributed by atoms with Crippen molar-refractivity contribution >= 4 is 11.9 Å². The Kier molecular flexibility index (Phi) is 5.85. The molecule has 0 unspecified atom stereocenters. The fourth-order valence-corrected chi connectivity index (χ4v) is 3.36. The molecule has 3 aromatic rings. The van der Waals surface area contributed by atoms with E-state index in [1.807, 2.05) is 21.0 Å². The van der Waals surface area contributed by atoms with Crippen LogP contribution in [0.3, 0.4) is 0 Å². The lowest BCUT2D eigenvalue weighted by atomic mass is 10.0. The number of aryl methyl sites for hydroxylation is 1. The van der Waals surface area contributed by atoms with Crippen LogP contribution in [0.5, 0.6) is 0 Å². The molecule has 0 N–H and O–H groups in total. The van der Waals surface area contributed by atoms with Gasteiger partial charge in [-0.2, -0.15) is 0 Å². The van der Waals surface area contributed by atoms with Crippen LogP contribution in [0.25, 0.3) is 11.1 Å². The van der Waals surface area contributed by atoms with E-state index in [0.29, 0.717) is 37.0 Å². The molecule has 4 rings (SSSR count). The van der Waals surface area contributed by atoms with Crippen LogP contribution < -0.4 is 4.90 Å². The molecule has 3 heterocycles. The summed E-state index contributed by atoms with van der Waals surface area (Å²) < 4.78 is 19.4. The molecule has 0 bridgehead atoms. The Labute approximate surface area is 179 Å². The predicted octanol–water partition coefficient (Wildman–Crippen LogP) is 2.66. The number of halogens is 1. The third kappa shape index (κ3) is 4.51. The maximum atomic E-state index is 13.4. The van der Waals surface area contributed by atoms with Crippen molar-refractivity contribution in [2.45, 2.75) is 13.0 Å². The van der Waals surface area contributed by atoms with E-state index in [-0.39, 0.29) is 11.7 Å². The Morgan fingerprint density at radius 1 is 1.13 bits per heavy atom. The third-order valence-corrected chi connectivity index (χ3v) is 5.02. The summed E-state index contributed by atoms with van der Waals surface area (Å²) in [4.78, 5) is 33.9. The summed E-state index contributed by atoms with van der Waals surface area (Å²) in [7, 11) is 3.70. The first kappa shape index (κ1) is 20.8. The van der Waals surface area contributed by atoms with Crippen molar-refractivity contribution in [1.29, 1.82) is 0 Å². The molecule has 160 valence electrons. The Morgan fingerprint density at radius 2 is 1.90 bits per heavy atom. The molecule has 0 radical (unpaired) electrons. The molecule has 9 heteroatoms. The number of morpholine rings is 1. The molecule has 1 aliphatic rings. The molecule has 0 spiro atoms. The standard InChI is InChI=1S/C22H23FN6O2/c1-14-10-25-18(12-24-14)21(30)29-8-9-31-19(13-29)20-17(11-26-22(27-20)28(2)3)15-4-6-16(23)7-5-15/h4-7,10-12,19H,8-9,13H2,1-3H3/t19-/m1/s1. The number of carbonyl (C=O) groups excluding carboxylic acids is 1. The van der Waals surface area contributed by atoms with Crippen LogP contribution in [0.2, 0.25) is 0 Å². The van der Waals surface area contributed by atoms with Crippen LogP contribution in [-0.2, 0) is 4.74 Å². The van der Waals surface area contributed by atoms with Crippen molar-refractivity contribution < 1.29 is 13.9 Å². The predicted molar refractivity (Wildman–Crippen MR) is 113 cm³/mol. The number of aromatic nitrogens is 4. The van der Waals surface area contributed by atoms with Crippen molar-refractivity contribution in [2.24, 2.45) is 0 Å². The number of rotatable bonds is 4. The number of hydrogen-bond acceptors (Lipinski definition) is 7. The zero-order valence-corrected chi connectivity index (χ0v) is 17.6. The number of ether oxygens (including phenoxy) is 1. The van der Waals surface area contributed by atoms with Crippen molar-refractivity contribution in [3.8, 4) is 11.1 Å². The van der Waals surface area contributed by atoms with E-state index < -0.39 is 6.10 Å². The second-order valence-corrected chi connectivity index (χ2v) is 7.52. The Balaban J connectivity index is 1.66. The number of carbonyl (C=O) groups is 1. The average Bonchev–Trinajstić information content (AvgIpc) is 2.79. The van der Waals surface area contributed by atoms with Crippen LogP contribution in [0.15, 0.2) is 42.9 Å². The van der Waals surface area contributed by atoms with Crippen molar-refractivity contribution in [3.05, 3.63) is 65.8 Å². The van der Waals surface area contributed by atoms with E-state index in [2.05, 4.69) is 15.0 Å². The van der Waals surface area contributed by atoms with Crippen LogP contribution in [0, 0.1) is 12.7 Å². The highest BCUT2D eigenvalue weighted by Gasteiger charge is 2.30. The molecule has 0 saturated carbocycles. The summed E-state index contributed by atoms with van der Waals surface area (Å²) in [6, 6.07) is 6.15. The average molecular weight is 422 g/mol. The second kappa shape index (κ2) is 8.73. The summed E-state index contributed by atoms with van der Waals surface area (Å²) in [5.41, 5.74) is 3.20. The van der Waals surface area contributed by atoms with Crippen LogP contribution >= 0.6 is 0 Å². The first-order valence-electron chi connectivity index (χ1n) is 9.92. The number of anilines is 1. The van der Waals surface area contributed by atoms with Crippen molar-refractivity contribution in [2.75, 3.05) is 38.7 Å². The van der Waals surface area contributed by atoms with Gasteiger partial charge in [-0.3, -0.25) is 9.78 Å². The van der Waals surface area contributed by atoms with E-state index in [9.17, 15) is 9.18 Å². The van der Waals surface area contributed by atoms with Gasteiger partial charge < -0.3 is 14.5 Å². The van der Waals surface area contributed by atoms with Gasteiger partial charge in [0.15, 0.2) is 0 Å². The van der Waals surface area contributed by atoms with E-state index in [0.717, 1.165) is 16.8 Å². The number of hydrogen-bond donors (Lipinski definition) is 0. The molecule has 8 nitrogen and oxygen atoms in total. The number of benzene rings is 1. The van der Waals surface area contributed by atoms with Crippen LogP contribution in [-0.4, -0.2) is 64.5 Å². The monoisotopic (exact) mass is 422 g/mol. The van der Waals surface area contributed by atoms with E-state index in [1.165, 1.54) is 18.3 Å². The Bertz CT molecular complexity index is 1070. The third-order valence-electron chi connectivity index (χ3n) is 5.02. The van der Waals surface area contributed by atoms with Gasteiger partial charge in [0, 0.05) is 38.6 Å². The van der Waals surface area contributed by atoms with Gasteiger partial charge in [-0.15, -0.1) is 0 Å². The summed E-state index contributed by atoms with van der Waals surface area (Å²) in [6.07, 6.45) is 4.31. The fourth-order valence-electron chi connectivity index (χ4n) is 3.36. The summed E-state index contributed by atoms with van der Waals surface area (Å²) in [6.45, 7) is 2.94. The quantitative estimate of drug-likeness (QED) is 0.639. The van der Waals surface area contributed by atoms with Gasteiger partial charge in [0.1, 0.15) is 17.6 Å². The summed E-state index contributed by atoms with van der Waals surface area (Å²) >= 11 is 0. The van der Waals surface area contributed by atoms with Gasteiger partial charge in [0.2, 0.25) is 5.95 Å². The lowest BCUT2D eigenvalue weighted by Gasteiger charge is -2.33. The maximum absolute atomic E-state index is 13.4. The highest BCUT2D eigenvalue weighted by Crippen LogP contribution is 2.32. The van der Waals surface area contributed by atoms with Gasteiger partial charge in [-0.25, -0.2) is 19.3 Å². The van der Waals surface area contributed by atoms with E-state index >= 15 is 0 Å². The lowest BCUT2D eigenvalue weighted by Crippen LogP contribution is -2.43. The molecule has 31 heavy (non-hydrogen) atoms. The number of amides is 1. The zero-order chi connectivity index (χ0) is 22.0. The van der Waals surface area contributed by atoms with Crippen molar-refractivity contribution in [1.82, 2.24) is 24.8 Å². The SMILES string of the molecule is Cc1cnc(C(=O)N2CCO[C@@H](c3nc(N(C)C)ncc3-c3ccc(F)cc3)C2)cn1. The minimum Gasteiger partial charge on any atom is -0.368 e. The second-order valence-electron chi connectivity index (χ2n) is 7.52. The summed E-state index contributed by atoms with van der Waals surface area (Å²) in [5.74, 6) is 0.00404. The summed E-state index contributed by atoms with van der Waals surface area (Å²) in [5, 5.41) is 0. The largest absolute Gasteiger partial charge is 0.368 e. The highest BCUT2D eigenvalue weighted by molar-refractivity contribution is 5.92. The number of nitrogens with zero attached hydrogens (tertiary/aromatic N) is 6. The zero-order valence-electron chi connectivity index (χ0n) is 17.6. The molecule has 0 aliphatic carbocycles. The minimum atomic E-state index is -0.460. The molecule has 1 atom stereocenters. The molecular formula is C22H23FN6O2. The molecule has 1 aromatic carbocycles. The molecule has 1 fully saturated rings. The molecule has 1 amide bonds. The normalized spacial score (nSPS) is 16.3. The smallest absolute Gasteiger partial charge is 0.274 e. The maximum Gasteiger partial charge on any atom is 0.274 e. The van der Waals surface area contributed by atoms with Gasteiger partial charge >= 0.3 is 0 Å². The topological polar surface area (TPSA) is 84.3 Å². The van der Waals surface area contributed by atoms with Crippen LogP contribution in [0.4, 0.5) is 10.3 Å². The van der Waals surface area contributed by atoms with Crippen molar-refractivity contribution in [3.63, 3.8) is 0 Å². The van der Waals surface area contributed by atoms with Gasteiger partial charge in [0.05, 0.1) is 30.7 Å². The fraction of sp³-hybridized carbons (Fsp3) is 0.318. The lowest BCUT2D eigenvalue weighted by molar-refractivity contribution is -0.0246. The first-order valence-corrected chi connectivity index (χ1v) is 9.92. The molecular weight excluding hydrogens is 399 g/mol. The Hall–Kier alpha value is -3.46.